The standard InChI is InChI=1S/C18H20FN3OS/c1-13-3-9-16(10-4-13)21-17(23)12-22(2)18(24)20-11-14-5-7-15(19)8-6-14/h3-10H,11-12H2,1-2H3,(H,20,24)(H,21,23). The van der Waals surface area contributed by atoms with Gasteiger partial charge in [-0.1, -0.05) is 29.8 Å². The van der Waals surface area contributed by atoms with Gasteiger partial charge >= 0.3 is 0 Å². The summed E-state index contributed by atoms with van der Waals surface area (Å²) in [7, 11) is 1.74. The van der Waals surface area contributed by atoms with E-state index in [1.165, 1.54) is 12.1 Å². The Kier molecular flexibility index (Phi) is 6.26. The van der Waals surface area contributed by atoms with E-state index in [-0.39, 0.29) is 18.3 Å². The van der Waals surface area contributed by atoms with Crippen molar-refractivity contribution in [2.75, 3.05) is 18.9 Å². The fraction of sp³-hybridized carbons (Fsp3) is 0.222. The number of nitrogens with one attached hydrogen (secondary N) is 2. The van der Waals surface area contributed by atoms with E-state index >= 15 is 0 Å². The third-order valence-electron chi connectivity index (χ3n) is 3.42. The maximum Gasteiger partial charge on any atom is 0.243 e. The van der Waals surface area contributed by atoms with E-state index in [2.05, 4.69) is 10.6 Å². The number of aryl methyl sites for hydroxylation is 1. The van der Waals surface area contributed by atoms with Gasteiger partial charge in [0.1, 0.15) is 5.82 Å². The van der Waals surface area contributed by atoms with Crippen LogP contribution in [0, 0.1) is 12.7 Å². The summed E-state index contributed by atoms with van der Waals surface area (Å²) < 4.78 is 12.9. The van der Waals surface area contributed by atoms with Crippen molar-refractivity contribution in [3.05, 3.63) is 65.5 Å². The molecular formula is C18H20FN3OS. The number of nitrogens with zero attached hydrogens (tertiary/aromatic N) is 1. The molecule has 0 fully saturated rings. The number of rotatable bonds is 5. The summed E-state index contributed by atoms with van der Waals surface area (Å²) >= 11 is 5.26. The molecule has 0 saturated carbocycles. The van der Waals surface area contributed by atoms with E-state index in [1.54, 1.807) is 24.1 Å². The molecule has 2 aromatic rings. The van der Waals surface area contributed by atoms with Crippen LogP contribution in [-0.4, -0.2) is 29.5 Å². The van der Waals surface area contributed by atoms with Gasteiger partial charge < -0.3 is 15.5 Å². The molecule has 0 bridgehead atoms. The number of halogens is 1. The first-order chi connectivity index (χ1) is 11.4. The molecule has 0 aliphatic rings. The van der Waals surface area contributed by atoms with E-state index in [0.29, 0.717) is 11.7 Å². The molecule has 0 saturated heterocycles. The van der Waals surface area contributed by atoms with E-state index < -0.39 is 0 Å². The zero-order valence-electron chi connectivity index (χ0n) is 13.7. The Bertz CT molecular complexity index is 701. The van der Waals surface area contributed by atoms with Crippen molar-refractivity contribution in [3.63, 3.8) is 0 Å². The van der Waals surface area contributed by atoms with Crippen LogP contribution in [-0.2, 0) is 11.3 Å². The summed E-state index contributed by atoms with van der Waals surface area (Å²) in [6, 6.07) is 13.8. The van der Waals surface area contributed by atoms with Crippen molar-refractivity contribution in [2.45, 2.75) is 13.5 Å². The molecule has 0 heterocycles. The highest BCUT2D eigenvalue weighted by Crippen LogP contribution is 2.08. The number of hydrogen-bond acceptors (Lipinski definition) is 2. The second-order valence-corrected chi connectivity index (χ2v) is 5.94. The molecule has 4 nitrogen and oxygen atoms in total. The first-order valence-electron chi connectivity index (χ1n) is 7.54. The molecule has 0 radical (unpaired) electrons. The molecule has 2 aromatic carbocycles. The molecule has 0 spiro atoms. The number of carbonyl (C=O) groups excluding carboxylic acids is 1. The molecule has 0 aromatic heterocycles. The van der Waals surface area contributed by atoms with Gasteiger partial charge in [-0.15, -0.1) is 0 Å². The van der Waals surface area contributed by atoms with Gasteiger partial charge in [0, 0.05) is 19.3 Å². The van der Waals surface area contributed by atoms with E-state index in [9.17, 15) is 9.18 Å². The van der Waals surface area contributed by atoms with E-state index in [0.717, 1.165) is 16.8 Å². The van der Waals surface area contributed by atoms with Crippen molar-refractivity contribution < 1.29 is 9.18 Å². The second kappa shape index (κ2) is 8.40. The Labute approximate surface area is 146 Å². The lowest BCUT2D eigenvalue weighted by atomic mass is 10.2. The smallest absolute Gasteiger partial charge is 0.243 e. The Morgan fingerprint density at radius 1 is 1.12 bits per heavy atom. The molecular weight excluding hydrogens is 325 g/mol. The predicted molar refractivity (Wildman–Crippen MR) is 98.3 cm³/mol. The quantitative estimate of drug-likeness (QED) is 0.818. The summed E-state index contributed by atoms with van der Waals surface area (Å²) in [5, 5.41) is 6.33. The van der Waals surface area contributed by atoms with E-state index in [4.69, 9.17) is 12.2 Å². The molecule has 126 valence electrons. The maximum absolute atomic E-state index is 12.9. The summed E-state index contributed by atoms with van der Waals surface area (Å²) in [5.41, 5.74) is 2.80. The Morgan fingerprint density at radius 2 is 1.75 bits per heavy atom. The summed E-state index contributed by atoms with van der Waals surface area (Å²) in [5.74, 6) is -0.418. The average Bonchev–Trinajstić information content (AvgIpc) is 2.56. The number of carbonyl (C=O) groups is 1. The maximum atomic E-state index is 12.9. The minimum atomic E-state index is -0.272. The average molecular weight is 345 g/mol. The van der Waals surface area contributed by atoms with Gasteiger partial charge in [0.05, 0.1) is 6.54 Å². The lowest BCUT2D eigenvalue weighted by molar-refractivity contribution is -0.116. The van der Waals surface area contributed by atoms with E-state index in [1.807, 2.05) is 31.2 Å². The van der Waals surface area contributed by atoms with Crippen LogP contribution in [0.3, 0.4) is 0 Å². The largest absolute Gasteiger partial charge is 0.358 e. The van der Waals surface area contributed by atoms with Crippen LogP contribution in [0.4, 0.5) is 10.1 Å². The first kappa shape index (κ1) is 17.9. The molecule has 2 rings (SSSR count). The number of amides is 1. The van der Waals surface area contributed by atoms with Gasteiger partial charge in [-0.05, 0) is 49.0 Å². The minimum Gasteiger partial charge on any atom is -0.358 e. The molecule has 0 aliphatic heterocycles. The van der Waals surface area contributed by atoms with Gasteiger partial charge in [-0.25, -0.2) is 4.39 Å². The summed E-state index contributed by atoms with van der Waals surface area (Å²) in [6.07, 6.45) is 0. The third kappa shape index (κ3) is 5.62. The molecule has 1 amide bonds. The molecule has 2 N–H and O–H groups in total. The van der Waals surface area contributed by atoms with Gasteiger partial charge in [-0.2, -0.15) is 0 Å². The molecule has 6 heteroatoms. The number of hydrogen-bond donors (Lipinski definition) is 2. The van der Waals surface area contributed by atoms with Gasteiger partial charge in [0.25, 0.3) is 0 Å². The van der Waals surface area contributed by atoms with Crippen LogP contribution in [0.2, 0.25) is 0 Å². The fourth-order valence-corrected chi connectivity index (χ4v) is 2.18. The van der Waals surface area contributed by atoms with Crippen molar-refractivity contribution in [2.24, 2.45) is 0 Å². The Balaban J connectivity index is 1.78. The Hall–Kier alpha value is -2.47. The number of thiocarbonyl (C=S) groups is 1. The third-order valence-corrected chi connectivity index (χ3v) is 3.88. The molecule has 24 heavy (non-hydrogen) atoms. The fourth-order valence-electron chi connectivity index (χ4n) is 2.04. The normalized spacial score (nSPS) is 10.1. The SMILES string of the molecule is Cc1ccc(NC(=O)CN(C)C(=S)NCc2ccc(F)cc2)cc1. The number of likely N-dealkylation sites (N-methyl/N-ethyl adjacent to an activating group) is 1. The highest BCUT2D eigenvalue weighted by atomic mass is 32.1. The number of anilines is 1. The lowest BCUT2D eigenvalue weighted by Gasteiger charge is -2.20. The second-order valence-electron chi connectivity index (χ2n) is 5.56. The first-order valence-corrected chi connectivity index (χ1v) is 7.95. The zero-order valence-corrected chi connectivity index (χ0v) is 14.5. The highest BCUT2D eigenvalue weighted by Gasteiger charge is 2.10. The van der Waals surface area contributed by atoms with Crippen molar-refractivity contribution in [1.82, 2.24) is 10.2 Å². The summed E-state index contributed by atoms with van der Waals surface area (Å²) in [6.45, 7) is 2.61. The van der Waals surface area contributed by atoms with Crippen LogP contribution >= 0.6 is 12.2 Å². The van der Waals surface area contributed by atoms with Crippen LogP contribution < -0.4 is 10.6 Å². The predicted octanol–water partition coefficient (Wildman–Crippen LogP) is 3.08. The van der Waals surface area contributed by atoms with Crippen molar-refractivity contribution in [1.29, 1.82) is 0 Å². The van der Waals surface area contributed by atoms with Crippen LogP contribution in [0.5, 0.6) is 0 Å². The highest BCUT2D eigenvalue weighted by molar-refractivity contribution is 7.80. The van der Waals surface area contributed by atoms with Crippen molar-refractivity contribution in [3.8, 4) is 0 Å². The van der Waals surface area contributed by atoms with Gasteiger partial charge in [0.15, 0.2) is 5.11 Å². The van der Waals surface area contributed by atoms with Gasteiger partial charge in [-0.3, -0.25) is 4.79 Å². The zero-order chi connectivity index (χ0) is 17.5. The monoisotopic (exact) mass is 345 g/mol. The molecule has 0 aliphatic carbocycles. The topological polar surface area (TPSA) is 44.4 Å². The Morgan fingerprint density at radius 3 is 2.38 bits per heavy atom. The minimum absolute atomic E-state index is 0.142. The van der Waals surface area contributed by atoms with Gasteiger partial charge in [0.2, 0.25) is 5.91 Å². The van der Waals surface area contributed by atoms with Crippen molar-refractivity contribution >= 4 is 28.9 Å². The summed E-state index contributed by atoms with van der Waals surface area (Å²) in [4.78, 5) is 13.7. The van der Waals surface area contributed by atoms with Crippen LogP contribution in [0.15, 0.2) is 48.5 Å². The van der Waals surface area contributed by atoms with Crippen LogP contribution in [0.1, 0.15) is 11.1 Å². The molecule has 0 atom stereocenters. The number of benzene rings is 2. The molecule has 0 unspecified atom stereocenters. The van der Waals surface area contributed by atoms with Crippen LogP contribution in [0.25, 0.3) is 0 Å². The lowest BCUT2D eigenvalue weighted by Crippen LogP contribution is -2.41.